The normalized spacial score (nSPS) is 17.9. The van der Waals surface area contributed by atoms with Crippen LogP contribution in [0.25, 0.3) is 0 Å². The number of hydrogen-bond donors (Lipinski definition) is 2. The molecule has 1 aromatic carbocycles. The third kappa shape index (κ3) is 5.09. The fourth-order valence-electron chi connectivity index (χ4n) is 3.59. The first-order valence-corrected chi connectivity index (χ1v) is 10.6. The second kappa shape index (κ2) is 9.78. The third-order valence-electron chi connectivity index (χ3n) is 4.96. The maximum atomic E-state index is 6.56. The summed E-state index contributed by atoms with van der Waals surface area (Å²) in [5.41, 5.74) is 2.54. The van der Waals surface area contributed by atoms with Gasteiger partial charge in [0.2, 0.25) is 0 Å². The summed E-state index contributed by atoms with van der Waals surface area (Å²) in [7, 11) is 0. The molecule has 27 heavy (non-hydrogen) atoms. The van der Waals surface area contributed by atoms with E-state index in [-0.39, 0.29) is 30.0 Å². The van der Waals surface area contributed by atoms with Gasteiger partial charge >= 0.3 is 0 Å². The van der Waals surface area contributed by atoms with Gasteiger partial charge in [0.1, 0.15) is 0 Å². The van der Waals surface area contributed by atoms with Crippen LogP contribution in [0.1, 0.15) is 28.5 Å². The van der Waals surface area contributed by atoms with Crippen molar-refractivity contribution in [3.8, 4) is 0 Å². The topological polar surface area (TPSA) is 39.7 Å². The molecule has 2 aliphatic rings. The van der Waals surface area contributed by atoms with Gasteiger partial charge in [0.25, 0.3) is 0 Å². The number of hydrogen-bond acceptors (Lipinski definition) is 5. The van der Waals surface area contributed by atoms with Crippen molar-refractivity contribution in [2.45, 2.75) is 25.4 Å². The van der Waals surface area contributed by atoms with Gasteiger partial charge in [0.05, 0.1) is 6.04 Å². The number of nitrogens with zero attached hydrogens (tertiary/aromatic N) is 2. The first kappa shape index (κ1) is 21.2. The minimum atomic E-state index is 0. The molecule has 1 atom stereocenters. The Hall–Kier alpha value is -0.540. The van der Waals surface area contributed by atoms with Crippen LogP contribution in [0.2, 0.25) is 10.0 Å². The van der Waals surface area contributed by atoms with Crippen LogP contribution >= 0.6 is 58.5 Å². The lowest BCUT2D eigenvalue weighted by molar-refractivity contribution is 0.181. The molecular weight excluding hydrogens is 514 g/mol. The summed E-state index contributed by atoms with van der Waals surface area (Å²) in [4.78, 5) is 8.54. The Morgan fingerprint density at radius 1 is 1.30 bits per heavy atom. The van der Waals surface area contributed by atoms with Crippen molar-refractivity contribution >= 4 is 64.5 Å². The zero-order chi connectivity index (χ0) is 17.9. The van der Waals surface area contributed by atoms with Crippen molar-refractivity contribution in [1.29, 1.82) is 0 Å². The van der Waals surface area contributed by atoms with E-state index in [1.54, 1.807) is 0 Å². The maximum absolute atomic E-state index is 6.56. The molecule has 0 saturated heterocycles. The van der Waals surface area contributed by atoms with Crippen LogP contribution in [0.15, 0.2) is 34.6 Å². The van der Waals surface area contributed by atoms with E-state index in [9.17, 15) is 0 Å². The Morgan fingerprint density at radius 3 is 2.96 bits per heavy atom. The molecule has 0 saturated carbocycles. The molecule has 1 unspecified atom stereocenters. The van der Waals surface area contributed by atoms with Crippen molar-refractivity contribution in [3.05, 3.63) is 55.7 Å². The number of thiophene rings is 1. The number of guanidine groups is 1. The monoisotopic (exact) mass is 536 g/mol. The molecule has 146 valence electrons. The molecule has 0 radical (unpaired) electrons. The average Bonchev–Trinajstić information content (AvgIpc) is 3.12. The predicted octanol–water partition coefficient (Wildman–Crippen LogP) is 4.71. The van der Waals surface area contributed by atoms with Crippen LogP contribution in [-0.2, 0) is 13.0 Å². The molecule has 0 fully saturated rings. The van der Waals surface area contributed by atoms with Gasteiger partial charge in [-0.3, -0.25) is 9.89 Å². The highest BCUT2D eigenvalue weighted by molar-refractivity contribution is 14.0. The minimum Gasteiger partial charge on any atom is -0.356 e. The number of nitrogens with one attached hydrogen (secondary N) is 2. The van der Waals surface area contributed by atoms with E-state index in [1.165, 1.54) is 10.4 Å². The second-order valence-electron chi connectivity index (χ2n) is 6.66. The van der Waals surface area contributed by atoms with Crippen molar-refractivity contribution in [3.63, 3.8) is 0 Å². The van der Waals surface area contributed by atoms with Crippen LogP contribution in [0, 0.1) is 0 Å². The number of rotatable bonds is 4. The van der Waals surface area contributed by atoms with E-state index in [4.69, 9.17) is 23.2 Å². The van der Waals surface area contributed by atoms with Crippen molar-refractivity contribution in [2.24, 2.45) is 4.99 Å². The number of halogens is 3. The van der Waals surface area contributed by atoms with Gasteiger partial charge in [0, 0.05) is 47.6 Å². The Labute approximate surface area is 191 Å². The molecule has 0 bridgehead atoms. The van der Waals surface area contributed by atoms with E-state index in [0.29, 0.717) is 5.02 Å². The quantitative estimate of drug-likeness (QED) is 0.556. The molecule has 4 nitrogen and oxygen atoms in total. The zero-order valence-corrected chi connectivity index (χ0v) is 19.5. The van der Waals surface area contributed by atoms with Gasteiger partial charge in [-0.25, -0.2) is 0 Å². The molecule has 8 heteroatoms. The molecule has 2 aliphatic heterocycles. The number of benzene rings is 1. The Morgan fingerprint density at radius 2 is 2.19 bits per heavy atom. The van der Waals surface area contributed by atoms with Crippen LogP contribution in [-0.4, -0.2) is 37.0 Å². The maximum Gasteiger partial charge on any atom is 0.191 e. The summed E-state index contributed by atoms with van der Waals surface area (Å²) in [6.45, 7) is 4.58. The molecule has 1 aromatic heterocycles. The largest absolute Gasteiger partial charge is 0.356 e. The van der Waals surface area contributed by atoms with Gasteiger partial charge < -0.3 is 10.6 Å². The van der Waals surface area contributed by atoms with Crippen molar-refractivity contribution < 1.29 is 0 Å². The standard InChI is InChI=1S/C19H22Cl2N4S.HI/c20-14-2-3-15(16(21)10-14)17(11-24-19-22-6-1-7-23-19)25-8-4-18-13(12-25)5-9-26-18;/h2-3,5,9-10,17H,1,4,6-8,11-12H2,(H2,22,23,24);1H. The summed E-state index contributed by atoms with van der Waals surface area (Å²) in [5.74, 6) is 0.888. The third-order valence-corrected chi connectivity index (χ3v) is 6.54. The van der Waals surface area contributed by atoms with Crippen LogP contribution in [0.3, 0.4) is 0 Å². The van der Waals surface area contributed by atoms with Gasteiger partial charge in [-0.05, 0) is 47.5 Å². The highest BCUT2D eigenvalue weighted by Crippen LogP contribution is 2.34. The predicted molar refractivity (Wildman–Crippen MR) is 126 cm³/mol. The van der Waals surface area contributed by atoms with Gasteiger partial charge in [-0.15, -0.1) is 35.3 Å². The van der Waals surface area contributed by atoms with Crippen LogP contribution in [0.4, 0.5) is 0 Å². The van der Waals surface area contributed by atoms with Crippen molar-refractivity contribution in [2.75, 3.05) is 26.2 Å². The molecule has 0 amide bonds. The summed E-state index contributed by atoms with van der Waals surface area (Å²) in [5, 5.41) is 10.4. The highest BCUT2D eigenvalue weighted by atomic mass is 127. The van der Waals surface area contributed by atoms with E-state index in [0.717, 1.165) is 62.1 Å². The minimum absolute atomic E-state index is 0. The lowest BCUT2D eigenvalue weighted by atomic mass is 10.0. The molecule has 0 aliphatic carbocycles. The zero-order valence-electron chi connectivity index (χ0n) is 14.9. The van der Waals surface area contributed by atoms with E-state index in [1.807, 2.05) is 23.5 Å². The summed E-state index contributed by atoms with van der Waals surface area (Å²) < 4.78 is 0. The highest BCUT2D eigenvalue weighted by Gasteiger charge is 2.27. The Balaban J connectivity index is 0.00000210. The average molecular weight is 537 g/mol. The first-order valence-electron chi connectivity index (χ1n) is 8.97. The molecule has 0 spiro atoms. The fourth-order valence-corrected chi connectivity index (χ4v) is 5.01. The molecule has 3 heterocycles. The Kier molecular flexibility index (Phi) is 7.67. The van der Waals surface area contributed by atoms with E-state index < -0.39 is 0 Å². The van der Waals surface area contributed by atoms with E-state index >= 15 is 0 Å². The van der Waals surface area contributed by atoms with Gasteiger partial charge in [-0.2, -0.15) is 0 Å². The number of fused-ring (bicyclic) bond motifs is 1. The van der Waals surface area contributed by atoms with Gasteiger partial charge in [0.15, 0.2) is 5.96 Å². The Bertz CT molecular complexity index is 811. The lowest BCUT2D eigenvalue weighted by Crippen LogP contribution is -2.45. The lowest BCUT2D eigenvalue weighted by Gasteiger charge is -2.36. The summed E-state index contributed by atoms with van der Waals surface area (Å²) in [6, 6.07) is 8.22. The first-order chi connectivity index (χ1) is 12.7. The second-order valence-corrected chi connectivity index (χ2v) is 8.51. The fraction of sp³-hybridized carbons (Fsp3) is 0.421. The van der Waals surface area contributed by atoms with Gasteiger partial charge in [-0.1, -0.05) is 29.3 Å². The molecule has 2 N–H and O–H groups in total. The summed E-state index contributed by atoms with van der Waals surface area (Å²) in [6.07, 6.45) is 2.18. The summed E-state index contributed by atoms with van der Waals surface area (Å²) >= 11 is 14.5. The number of aliphatic imine (C=N–C) groups is 1. The molecular formula is C19H23Cl2IN4S. The molecule has 2 aromatic rings. The van der Waals surface area contributed by atoms with Crippen LogP contribution < -0.4 is 10.6 Å². The molecule has 4 rings (SSSR count). The SMILES string of the molecule is Clc1ccc(C(CNC2=NCCCN2)N2CCc3sccc3C2)c(Cl)c1.I. The van der Waals surface area contributed by atoms with Crippen LogP contribution in [0.5, 0.6) is 0 Å². The van der Waals surface area contributed by atoms with Crippen molar-refractivity contribution in [1.82, 2.24) is 15.5 Å². The smallest absolute Gasteiger partial charge is 0.191 e. The van der Waals surface area contributed by atoms with E-state index in [2.05, 4.69) is 38.0 Å².